The molecule has 0 radical (unpaired) electrons. The number of amides is 3. The molecule has 2 aromatic carbocycles. The normalized spacial score (nSPS) is 18.1. The van der Waals surface area contributed by atoms with Gasteiger partial charge in [-0.05, 0) is 61.4 Å². The van der Waals surface area contributed by atoms with E-state index in [9.17, 15) is 14.4 Å². The Labute approximate surface area is 171 Å². The molecule has 0 bridgehead atoms. The summed E-state index contributed by atoms with van der Waals surface area (Å²) in [6, 6.07) is 9.57. The van der Waals surface area contributed by atoms with Gasteiger partial charge in [0, 0.05) is 15.7 Å². The van der Waals surface area contributed by atoms with Crippen molar-refractivity contribution in [1.82, 2.24) is 0 Å². The van der Waals surface area contributed by atoms with Gasteiger partial charge in [-0.1, -0.05) is 23.2 Å². The lowest BCUT2D eigenvalue weighted by atomic mass is 10.0. The summed E-state index contributed by atoms with van der Waals surface area (Å²) in [7, 11) is 0. The van der Waals surface area contributed by atoms with Crippen LogP contribution >= 0.6 is 23.2 Å². The monoisotopic (exact) mass is 418 g/mol. The van der Waals surface area contributed by atoms with Gasteiger partial charge in [0.15, 0.2) is 5.92 Å². The average Bonchev–Trinajstić information content (AvgIpc) is 2.88. The molecule has 0 spiro atoms. The molecule has 7 nitrogen and oxygen atoms in total. The van der Waals surface area contributed by atoms with E-state index in [0.717, 1.165) is 4.90 Å². The van der Waals surface area contributed by atoms with Gasteiger partial charge in [0.2, 0.25) is 5.91 Å². The fourth-order valence-electron chi connectivity index (χ4n) is 3.02. The molecule has 3 amide bonds. The molecule has 9 heteroatoms. The molecule has 2 aromatic rings. The van der Waals surface area contributed by atoms with Gasteiger partial charge < -0.3 is 11.2 Å². The van der Waals surface area contributed by atoms with E-state index in [1.165, 1.54) is 6.07 Å². The second kappa shape index (κ2) is 7.61. The number of benzene rings is 2. The first-order valence-corrected chi connectivity index (χ1v) is 8.99. The van der Waals surface area contributed by atoms with Crippen LogP contribution in [0.3, 0.4) is 0 Å². The average molecular weight is 419 g/mol. The molecule has 1 aliphatic heterocycles. The van der Waals surface area contributed by atoms with Gasteiger partial charge in [0.05, 0.1) is 5.69 Å². The van der Waals surface area contributed by atoms with Crippen LogP contribution in [0.15, 0.2) is 41.5 Å². The molecule has 1 saturated heterocycles. The zero-order chi connectivity index (χ0) is 20.6. The van der Waals surface area contributed by atoms with E-state index in [2.05, 4.69) is 10.4 Å². The lowest BCUT2D eigenvalue weighted by Crippen LogP contribution is -2.35. The first-order valence-electron chi connectivity index (χ1n) is 8.24. The highest BCUT2D eigenvalue weighted by Crippen LogP contribution is 2.30. The minimum absolute atomic E-state index is 0.318. The summed E-state index contributed by atoms with van der Waals surface area (Å²) >= 11 is 11.9. The van der Waals surface area contributed by atoms with E-state index in [1.54, 1.807) is 44.2 Å². The second-order valence-corrected chi connectivity index (χ2v) is 7.18. The topological polar surface area (TPSA) is 105 Å². The van der Waals surface area contributed by atoms with Crippen LogP contribution in [0.4, 0.5) is 11.4 Å². The number of anilines is 2. The third-order valence-corrected chi connectivity index (χ3v) is 4.88. The molecule has 3 rings (SSSR count). The summed E-state index contributed by atoms with van der Waals surface area (Å²) in [4.78, 5) is 39.4. The highest BCUT2D eigenvalue weighted by Gasteiger charge is 2.50. The highest BCUT2D eigenvalue weighted by atomic mass is 35.5. The van der Waals surface area contributed by atoms with Crippen molar-refractivity contribution in [2.75, 3.05) is 10.2 Å². The zero-order valence-corrected chi connectivity index (χ0v) is 16.5. The van der Waals surface area contributed by atoms with Gasteiger partial charge in [0.1, 0.15) is 5.71 Å². The fourth-order valence-corrected chi connectivity index (χ4v) is 3.47. The van der Waals surface area contributed by atoms with E-state index < -0.39 is 23.6 Å². The highest BCUT2D eigenvalue weighted by molar-refractivity contribution is 6.61. The van der Waals surface area contributed by atoms with Gasteiger partial charge in [-0.15, -0.1) is 0 Å². The Kier molecular flexibility index (Phi) is 5.40. The van der Waals surface area contributed by atoms with E-state index >= 15 is 0 Å². The fraction of sp³-hybridized carbons (Fsp3) is 0.158. The van der Waals surface area contributed by atoms with Crippen LogP contribution in [0.5, 0.6) is 0 Å². The first-order chi connectivity index (χ1) is 13.2. The zero-order valence-electron chi connectivity index (χ0n) is 15.0. The maximum Gasteiger partial charge on any atom is 0.282 e. The Morgan fingerprint density at radius 3 is 2.25 bits per heavy atom. The number of carbonyl (C=O) groups is 3. The summed E-state index contributed by atoms with van der Waals surface area (Å²) in [5.41, 5.74) is 1.75. The first kappa shape index (κ1) is 19.9. The van der Waals surface area contributed by atoms with Crippen molar-refractivity contribution in [3.8, 4) is 0 Å². The molecule has 144 valence electrons. The molecular formula is C19H16Cl2N4O3. The second-order valence-electron chi connectivity index (χ2n) is 6.31. The van der Waals surface area contributed by atoms with Crippen molar-refractivity contribution in [2.24, 2.45) is 16.9 Å². The van der Waals surface area contributed by atoms with Crippen LogP contribution in [0.25, 0.3) is 0 Å². The lowest BCUT2D eigenvalue weighted by Gasteiger charge is -2.17. The third kappa shape index (κ3) is 3.46. The predicted molar refractivity (Wildman–Crippen MR) is 109 cm³/mol. The van der Waals surface area contributed by atoms with Gasteiger partial charge in [-0.3, -0.25) is 14.4 Å². The van der Waals surface area contributed by atoms with Crippen molar-refractivity contribution < 1.29 is 14.4 Å². The Balaban J connectivity index is 1.95. The Hall–Kier alpha value is -2.90. The largest absolute Gasteiger partial charge is 0.325 e. The number of carbonyl (C=O) groups excluding carboxylic acids is 3. The molecule has 0 aliphatic carbocycles. The molecular weight excluding hydrogens is 403 g/mol. The Bertz CT molecular complexity index is 1040. The minimum atomic E-state index is -1.46. The quantitative estimate of drug-likeness (QED) is 0.345. The van der Waals surface area contributed by atoms with E-state index in [-0.39, 0.29) is 5.71 Å². The van der Waals surface area contributed by atoms with Crippen LogP contribution in [-0.4, -0.2) is 23.4 Å². The number of nitrogens with zero attached hydrogens (tertiary/aromatic N) is 2. The molecule has 1 heterocycles. The van der Waals surface area contributed by atoms with Crippen molar-refractivity contribution in [3.05, 3.63) is 57.6 Å². The van der Waals surface area contributed by atoms with E-state index in [1.807, 2.05) is 0 Å². The smallest absolute Gasteiger partial charge is 0.282 e. The maximum absolute atomic E-state index is 12.9. The third-order valence-electron chi connectivity index (χ3n) is 4.41. The number of aryl methyl sites for hydroxylation is 2. The molecule has 1 atom stereocenters. The van der Waals surface area contributed by atoms with Gasteiger partial charge in [-0.2, -0.15) is 5.10 Å². The number of rotatable bonds is 3. The summed E-state index contributed by atoms with van der Waals surface area (Å²) in [6.45, 7) is 3.45. The predicted octanol–water partition coefficient (Wildman–Crippen LogP) is 3.05. The van der Waals surface area contributed by atoms with E-state index in [4.69, 9.17) is 29.0 Å². The number of imide groups is 1. The van der Waals surface area contributed by atoms with Gasteiger partial charge >= 0.3 is 0 Å². The van der Waals surface area contributed by atoms with Crippen LogP contribution in [0.1, 0.15) is 11.1 Å². The minimum Gasteiger partial charge on any atom is -0.325 e. The molecule has 1 aliphatic rings. The molecule has 0 aromatic heterocycles. The molecule has 3 N–H and O–H groups in total. The van der Waals surface area contributed by atoms with Crippen LogP contribution in [0, 0.1) is 19.8 Å². The lowest BCUT2D eigenvalue weighted by molar-refractivity contribution is -0.127. The molecule has 0 saturated carbocycles. The summed E-state index contributed by atoms with van der Waals surface area (Å²) in [6.07, 6.45) is 0. The number of hydrogen-bond donors (Lipinski definition) is 2. The maximum atomic E-state index is 12.9. The number of nitrogens with two attached hydrogens (primary N) is 1. The SMILES string of the molecule is Cc1cc(Cl)ccc1NC(=O)C1C(=O)N(c2ccc(Cl)cc2C)C(=O)/C1=N/N. The summed E-state index contributed by atoms with van der Waals surface area (Å²) < 4.78 is 0. The number of halogens is 2. The summed E-state index contributed by atoms with van der Waals surface area (Å²) in [5.74, 6) is 1.69. The van der Waals surface area contributed by atoms with Crippen molar-refractivity contribution in [2.45, 2.75) is 13.8 Å². The number of hydrogen-bond acceptors (Lipinski definition) is 5. The Morgan fingerprint density at radius 1 is 1.07 bits per heavy atom. The van der Waals surface area contributed by atoms with Crippen molar-refractivity contribution in [1.29, 1.82) is 0 Å². The molecule has 1 unspecified atom stereocenters. The van der Waals surface area contributed by atoms with E-state index in [0.29, 0.717) is 32.5 Å². The van der Waals surface area contributed by atoms with Crippen molar-refractivity contribution in [3.63, 3.8) is 0 Å². The van der Waals surface area contributed by atoms with Crippen LogP contribution in [-0.2, 0) is 14.4 Å². The Morgan fingerprint density at radius 2 is 1.68 bits per heavy atom. The standard InChI is InChI=1S/C19H16Cl2N4O3/c1-9-7-11(20)3-5-13(9)23-17(26)15-16(24-22)19(28)25(18(15)27)14-6-4-12(21)8-10(14)2/h3-8,15H,22H2,1-2H3,(H,23,26)/b24-16+. The number of hydrazone groups is 1. The van der Waals surface area contributed by atoms with Gasteiger partial charge in [-0.25, -0.2) is 4.90 Å². The molecule has 1 fully saturated rings. The van der Waals surface area contributed by atoms with Crippen LogP contribution < -0.4 is 16.1 Å². The molecule has 28 heavy (non-hydrogen) atoms. The van der Waals surface area contributed by atoms with Crippen molar-refractivity contribution >= 4 is 58.0 Å². The summed E-state index contributed by atoms with van der Waals surface area (Å²) in [5, 5.41) is 7.02. The van der Waals surface area contributed by atoms with Crippen LogP contribution in [0.2, 0.25) is 10.0 Å². The van der Waals surface area contributed by atoms with Gasteiger partial charge in [0.25, 0.3) is 11.8 Å². The number of nitrogens with one attached hydrogen (secondary N) is 1.